The molecule has 0 atom stereocenters. The normalized spacial score (nSPS) is 17.8. The molecule has 0 N–H and O–H groups in total. The number of rotatable bonds is 2. The molecule has 1 heterocycles. The molecule has 1 aromatic rings. The third-order valence-corrected chi connectivity index (χ3v) is 3.05. The molecule has 0 aliphatic carbocycles. The van der Waals surface area contributed by atoms with Gasteiger partial charge < -0.3 is 4.90 Å². The van der Waals surface area contributed by atoms with Crippen LogP contribution in [0.5, 0.6) is 0 Å². The summed E-state index contributed by atoms with van der Waals surface area (Å²) in [4.78, 5) is 2.54. The standard InChI is InChI=1S/C13H18N.BrH.Zn/c1-12-7-9-14(10-8-12)11-13-5-3-2-4-6-13;;/h2-3,5-6,12H,7-11H2,1H3;1H;/q-1;;+2/p-1. The van der Waals surface area contributed by atoms with Crippen molar-refractivity contribution in [1.82, 2.24) is 4.90 Å². The summed E-state index contributed by atoms with van der Waals surface area (Å²) in [5, 5.41) is 0. The SMILES string of the molecule is CC1CCN(Cc2c[c-]ccc2)CC1.[Zn+][Br]. The third-order valence-electron chi connectivity index (χ3n) is 3.05. The van der Waals surface area contributed by atoms with Crippen LogP contribution in [0.25, 0.3) is 0 Å². The molecule has 1 nitrogen and oxygen atoms in total. The Morgan fingerprint density at radius 3 is 2.69 bits per heavy atom. The van der Waals surface area contributed by atoms with Gasteiger partial charge in [-0.15, -0.1) is 5.56 Å². The quantitative estimate of drug-likeness (QED) is 0.591. The van der Waals surface area contributed by atoms with Gasteiger partial charge in [0.2, 0.25) is 0 Å². The molecule has 0 radical (unpaired) electrons. The summed E-state index contributed by atoms with van der Waals surface area (Å²) in [5.74, 6) is 0.925. The van der Waals surface area contributed by atoms with Crippen molar-refractivity contribution in [1.29, 1.82) is 0 Å². The summed E-state index contributed by atoms with van der Waals surface area (Å²) < 4.78 is 0. The van der Waals surface area contributed by atoms with Crippen LogP contribution in [-0.4, -0.2) is 18.0 Å². The van der Waals surface area contributed by atoms with Gasteiger partial charge in [0.1, 0.15) is 0 Å². The second-order valence-corrected chi connectivity index (χ2v) is 4.37. The van der Waals surface area contributed by atoms with Crippen molar-refractivity contribution < 1.29 is 16.3 Å². The summed E-state index contributed by atoms with van der Waals surface area (Å²) in [6.07, 6.45) is 2.72. The molecule has 3 heteroatoms. The molecule has 1 aromatic carbocycles. The van der Waals surface area contributed by atoms with Gasteiger partial charge in [-0.1, -0.05) is 6.92 Å². The summed E-state index contributed by atoms with van der Waals surface area (Å²) in [5.41, 5.74) is 1.39. The number of piperidine rings is 1. The minimum atomic E-state index is 0.925. The van der Waals surface area contributed by atoms with E-state index in [1.165, 1.54) is 47.8 Å². The molecule has 0 aromatic heterocycles. The van der Waals surface area contributed by atoms with Crippen LogP contribution in [-0.2, 0) is 22.9 Å². The second-order valence-electron chi connectivity index (χ2n) is 4.37. The number of hydrogen-bond donors (Lipinski definition) is 0. The fraction of sp³-hybridized carbons (Fsp3) is 0.538. The number of hydrogen-bond acceptors (Lipinski definition) is 1. The fourth-order valence-corrected chi connectivity index (χ4v) is 2.01. The zero-order valence-corrected chi connectivity index (χ0v) is 14.5. The van der Waals surface area contributed by atoms with Crippen LogP contribution in [0.15, 0.2) is 24.3 Å². The monoisotopic (exact) mass is 331 g/mol. The Kier molecular flexibility index (Phi) is 7.52. The average Bonchev–Trinajstić information content (AvgIpc) is 2.36. The molecule has 2 rings (SSSR count). The summed E-state index contributed by atoms with van der Waals surface area (Å²) in [6.45, 7) is 5.98. The Bertz CT molecular complexity index is 271. The molecule has 0 saturated carbocycles. The summed E-state index contributed by atoms with van der Waals surface area (Å²) in [6, 6.07) is 11.4. The molecular formula is C13H18BrNZn. The van der Waals surface area contributed by atoms with Gasteiger partial charge in [0, 0.05) is 0 Å². The van der Waals surface area contributed by atoms with E-state index in [1.54, 1.807) is 0 Å². The average molecular weight is 334 g/mol. The first-order valence-corrected chi connectivity index (χ1v) is 12.7. The van der Waals surface area contributed by atoms with Gasteiger partial charge in [-0.25, -0.2) is 0 Å². The topological polar surface area (TPSA) is 3.24 Å². The Balaban J connectivity index is 0.000000606. The Hall–Kier alpha value is 0.283. The molecule has 84 valence electrons. The second kappa shape index (κ2) is 8.39. The van der Waals surface area contributed by atoms with Gasteiger partial charge in [0.05, 0.1) is 0 Å². The van der Waals surface area contributed by atoms with Gasteiger partial charge in [0.25, 0.3) is 0 Å². The van der Waals surface area contributed by atoms with E-state index in [2.05, 4.69) is 49.7 Å². The predicted octanol–water partition coefficient (Wildman–Crippen LogP) is 3.56. The van der Waals surface area contributed by atoms with Gasteiger partial charge in [0.15, 0.2) is 0 Å². The van der Waals surface area contributed by atoms with E-state index in [4.69, 9.17) is 0 Å². The Morgan fingerprint density at radius 2 is 2.12 bits per heavy atom. The number of likely N-dealkylation sites (tertiary alicyclic amines) is 1. The molecule has 16 heavy (non-hydrogen) atoms. The van der Waals surface area contributed by atoms with Crippen molar-refractivity contribution in [3.8, 4) is 0 Å². The number of halogens is 1. The van der Waals surface area contributed by atoms with Gasteiger partial charge in [-0.2, -0.15) is 30.3 Å². The number of benzene rings is 1. The molecule has 1 fully saturated rings. The Morgan fingerprint density at radius 1 is 1.44 bits per heavy atom. The zero-order valence-electron chi connectivity index (χ0n) is 9.95. The van der Waals surface area contributed by atoms with Crippen molar-refractivity contribution in [2.75, 3.05) is 13.1 Å². The summed E-state index contributed by atoms with van der Waals surface area (Å²) in [7, 11) is 0. The predicted molar refractivity (Wildman–Crippen MR) is 67.9 cm³/mol. The van der Waals surface area contributed by atoms with E-state index in [0.717, 1.165) is 12.5 Å². The van der Waals surface area contributed by atoms with Gasteiger partial charge in [-0.3, -0.25) is 0 Å². The first-order chi connectivity index (χ1) is 7.84. The maximum absolute atomic E-state index is 3.13. The van der Waals surface area contributed by atoms with Crippen LogP contribution < -0.4 is 0 Å². The van der Waals surface area contributed by atoms with Crippen molar-refractivity contribution in [3.05, 3.63) is 35.9 Å². The van der Waals surface area contributed by atoms with Crippen LogP contribution in [0.1, 0.15) is 25.3 Å². The summed E-state index contributed by atoms with van der Waals surface area (Å²) >= 11 is 4.25. The van der Waals surface area contributed by atoms with Crippen LogP contribution >= 0.6 is 13.6 Å². The van der Waals surface area contributed by atoms with Crippen LogP contribution in [0, 0.1) is 12.0 Å². The zero-order chi connectivity index (χ0) is 11.8. The molecule has 0 spiro atoms. The first kappa shape index (κ1) is 14.3. The van der Waals surface area contributed by atoms with Crippen LogP contribution in [0.2, 0.25) is 0 Å². The van der Waals surface area contributed by atoms with E-state index < -0.39 is 0 Å². The van der Waals surface area contributed by atoms with E-state index >= 15 is 0 Å². The van der Waals surface area contributed by atoms with Crippen molar-refractivity contribution in [3.63, 3.8) is 0 Å². The fourth-order valence-electron chi connectivity index (χ4n) is 2.01. The molecule has 1 saturated heterocycles. The third kappa shape index (κ3) is 5.08. The molecule has 0 bridgehead atoms. The molecule has 1 aliphatic rings. The molecule has 0 amide bonds. The molecule has 0 unspecified atom stereocenters. The van der Waals surface area contributed by atoms with Crippen LogP contribution in [0.4, 0.5) is 0 Å². The number of nitrogens with zero attached hydrogens (tertiary/aromatic N) is 1. The maximum atomic E-state index is 3.13. The van der Waals surface area contributed by atoms with Crippen LogP contribution in [0.3, 0.4) is 0 Å². The molecule has 1 aliphatic heterocycles. The van der Waals surface area contributed by atoms with Gasteiger partial charge in [-0.05, 0) is 38.4 Å². The van der Waals surface area contributed by atoms with E-state index in [-0.39, 0.29) is 0 Å². The van der Waals surface area contributed by atoms with Gasteiger partial charge >= 0.3 is 30.0 Å². The van der Waals surface area contributed by atoms with Crippen molar-refractivity contribution >= 4 is 13.6 Å². The van der Waals surface area contributed by atoms with E-state index in [0.29, 0.717) is 0 Å². The molecular weight excluding hydrogens is 315 g/mol. The van der Waals surface area contributed by atoms with E-state index in [9.17, 15) is 0 Å². The van der Waals surface area contributed by atoms with E-state index in [1.807, 2.05) is 6.07 Å². The Labute approximate surface area is 116 Å². The van der Waals surface area contributed by atoms with Crippen molar-refractivity contribution in [2.45, 2.75) is 26.3 Å². The first-order valence-electron chi connectivity index (χ1n) is 5.78. The van der Waals surface area contributed by atoms with Crippen molar-refractivity contribution in [2.24, 2.45) is 5.92 Å². The minimum absolute atomic E-state index is 0.925.